The molecular weight excluding hydrogens is 412 g/mol. The highest BCUT2D eigenvalue weighted by Gasteiger charge is 2.25. The standard InChI is InChI=1S/C23H32N4O5/c1-15(2)13-27(17-7-5-4-6-8-17)20-10-9-18(31-14-22(28)29)12-19(20)24-23(30)25-21-11-16(3)32-26-21/h9-12,15,17H,4-8,13-14H2,1-3H3,(H,28,29)(H2,24,25,26,30). The van der Waals surface area contributed by atoms with Crippen LogP contribution in [0.15, 0.2) is 28.8 Å². The van der Waals surface area contributed by atoms with E-state index in [1.165, 1.54) is 19.3 Å². The molecule has 3 N–H and O–H groups in total. The van der Waals surface area contributed by atoms with Crippen LogP contribution >= 0.6 is 0 Å². The molecule has 0 unspecified atom stereocenters. The Morgan fingerprint density at radius 2 is 1.97 bits per heavy atom. The number of ether oxygens (including phenoxy) is 1. The number of anilines is 3. The summed E-state index contributed by atoms with van der Waals surface area (Å²) in [6, 6.07) is 6.85. The van der Waals surface area contributed by atoms with Crippen LogP contribution in [0.1, 0.15) is 51.7 Å². The second-order valence-corrected chi connectivity index (χ2v) is 8.60. The van der Waals surface area contributed by atoms with E-state index in [4.69, 9.17) is 14.4 Å². The molecule has 0 radical (unpaired) electrons. The summed E-state index contributed by atoms with van der Waals surface area (Å²) in [6.45, 7) is 6.48. The molecule has 1 aliphatic carbocycles. The first-order valence-electron chi connectivity index (χ1n) is 11.1. The normalized spacial score (nSPS) is 14.2. The van der Waals surface area contributed by atoms with Gasteiger partial charge >= 0.3 is 12.0 Å². The van der Waals surface area contributed by atoms with Crippen LogP contribution in [0.3, 0.4) is 0 Å². The van der Waals surface area contributed by atoms with Gasteiger partial charge in [-0.2, -0.15) is 0 Å². The number of hydrogen-bond donors (Lipinski definition) is 3. The Bertz CT molecular complexity index is 921. The monoisotopic (exact) mass is 444 g/mol. The molecule has 0 spiro atoms. The molecule has 2 amide bonds. The number of carbonyl (C=O) groups excluding carboxylic acids is 1. The second-order valence-electron chi connectivity index (χ2n) is 8.60. The molecule has 1 aromatic heterocycles. The topological polar surface area (TPSA) is 117 Å². The highest BCUT2D eigenvalue weighted by Crippen LogP contribution is 2.35. The molecular formula is C23H32N4O5. The lowest BCUT2D eigenvalue weighted by Gasteiger charge is -2.38. The van der Waals surface area contributed by atoms with E-state index in [0.29, 0.717) is 35.0 Å². The summed E-state index contributed by atoms with van der Waals surface area (Å²) in [5.74, 6) is 0.638. The Balaban J connectivity index is 1.89. The number of aryl methyl sites for hydroxylation is 1. The molecule has 0 aliphatic heterocycles. The van der Waals surface area contributed by atoms with Gasteiger partial charge in [0, 0.05) is 24.7 Å². The van der Waals surface area contributed by atoms with Crippen LogP contribution in [0, 0.1) is 12.8 Å². The molecule has 1 fully saturated rings. The molecule has 0 atom stereocenters. The van der Waals surface area contributed by atoms with E-state index in [-0.39, 0.29) is 0 Å². The number of carbonyl (C=O) groups is 2. The summed E-state index contributed by atoms with van der Waals surface area (Å²) in [4.78, 5) is 26.0. The Morgan fingerprint density at radius 3 is 2.59 bits per heavy atom. The molecule has 1 saturated carbocycles. The fraction of sp³-hybridized carbons (Fsp3) is 0.522. The first-order chi connectivity index (χ1) is 15.3. The third-order valence-electron chi connectivity index (χ3n) is 5.33. The number of nitrogens with one attached hydrogen (secondary N) is 2. The van der Waals surface area contributed by atoms with Crippen LogP contribution < -0.4 is 20.3 Å². The van der Waals surface area contributed by atoms with Crippen LogP contribution in [0.2, 0.25) is 0 Å². The second kappa shape index (κ2) is 10.9. The van der Waals surface area contributed by atoms with Gasteiger partial charge in [0.15, 0.2) is 12.4 Å². The molecule has 1 aromatic carbocycles. The van der Waals surface area contributed by atoms with Crippen molar-refractivity contribution in [2.75, 3.05) is 28.7 Å². The third-order valence-corrected chi connectivity index (χ3v) is 5.33. The number of carboxylic acid groups (broad SMARTS) is 1. The van der Waals surface area contributed by atoms with Crippen molar-refractivity contribution in [2.24, 2.45) is 5.92 Å². The van der Waals surface area contributed by atoms with Crippen molar-refractivity contribution in [3.8, 4) is 5.75 Å². The van der Waals surface area contributed by atoms with Crippen molar-refractivity contribution in [1.82, 2.24) is 5.16 Å². The minimum Gasteiger partial charge on any atom is -0.482 e. The molecule has 0 saturated heterocycles. The van der Waals surface area contributed by atoms with Crippen molar-refractivity contribution in [2.45, 2.75) is 58.9 Å². The number of benzene rings is 1. The molecule has 0 bridgehead atoms. The van der Waals surface area contributed by atoms with Gasteiger partial charge in [-0.25, -0.2) is 9.59 Å². The molecule has 1 heterocycles. The number of carboxylic acids is 1. The average molecular weight is 445 g/mol. The number of rotatable bonds is 9. The van der Waals surface area contributed by atoms with E-state index in [1.807, 2.05) is 6.07 Å². The molecule has 1 aliphatic rings. The van der Waals surface area contributed by atoms with Crippen molar-refractivity contribution in [3.05, 3.63) is 30.0 Å². The molecule has 174 valence electrons. The number of aliphatic carboxylic acids is 1. The van der Waals surface area contributed by atoms with E-state index in [1.54, 1.807) is 25.1 Å². The summed E-state index contributed by atoms with van der Waals surface area (Å²) in [5, 5.41) is 18.3. The molecule has 9 heteroatoms. The van der Waals surface area contributed by atoms with Gasteiger partial charge in [0.1, 0.15) is 11.5 Å². The van der Waals surface area contributed by atoms with Gasteiger partial charge in [0.25, 0.3) is 0 Å². The van der Waals surface area contributed by atoms with Gasteiger partial charge in [0.05, 0.1) is 11.4 Å². The number of hydrogen-bond acceptors (Lipinski definition) is 6. The average Bonchev–Trinajstić information content (AvgIpc) is 3.15. The maximum atomic E-state index is 12.7. The fourth-order valence-electron chi connectivity index (χ4n) is 4.03. The van der Waals surface area contributed by atoms with E-state index in [2.05, 4.69) is 34.5 Å². The highest BCUT2D eigenvalue weighted by atomic mass is 16.5. The molecule has 9 nitrogen and oxygen atoms in total. The van der Waals surface area contributed by atoms with Crippen LogP contribution in [-0.2, 0) is 4.79 Å². The van der Waals surface area contributed by atoms with Gasteiger partial charge in [-0.3, -0.25) is 5.32 Å². The minimum atomic E-state index is -1.06. The maximum Gasteiger partial charge on any atom is 0.341 e. The smallest absolute Gasteiger partial charge is 0.341 e. The van der Waals surface area contributed by atoms with Gasteiger partial charge < -0.3 is 24.6 Å². The zero-order chi connectivity index (χ0) is 23.1. The lowest BCUT2D eigenvalue weighted by Crippen LogP contribution is -2.40. The fourth-order valence-corrected chi connectivity index (χ4v) is 4.03. The van der Waals surface area contributed by atoms with Crippen molar-refractivity contribution < 1.29 is 24.0 Å². The molecule has 3 rings (SSSR count). The van der Waals surface area contributed by atoms with E-state index in [0.717, 1.165) is 25.1 Å². The van der Waals surface area contributed by atoms with E-state index >= 15 is 0 Å². The Labute approximate surface area is 188 Å². The maximum absolute atomic E-state index is 12.7. The van der Waals surface area contributed by atoms with E-state index in [9.17, 15) is 9.59 Å². The van der Waals surface area contributed by atoms with Crippen molar-refractivity contribution in [1.29, 1.82) is 0 Å². The van der Waals surface area contributed by atoms with Crippen LogP contribution in [0.25, 0.3) is 0 Å². The molecule has 2 aromatic rings. The highest BCUT2D eigenvalue weighted by molar-refractivity contribution is 6.01. The predicted molar refractivity (Wildman–Crippen MR) is 123 cm³/mol. The van der Waals surface area contributed by atoms with Crippen LogP contribution in [-0.4, -0.2) is 41.5 Å². The van der Waals surface area contributed by atoms with Crippen LogP contribution in [0.5, 0.6) is 5.75 Å². The number of amides is 2. The van der Waals surface area contributed by atoms with Gasteiger partial charge in [-0.05, 0) is 37.8 Å². The summed E-state index contributed by atoms with van der Waals surface area (Å²) in [6.07, 6.45) is 5.84. The minimum absolute atomic E-state index is 0.311. The predicted octanol–water partition coefficient (Wildman–Crippen LogP) is 4.89. The lowest BCUT2D eigenvalue weighted by atomic mass is 9.93. The quantitative estimate of drug-likeness (QED) is 0.504. The van der Waals surface area contributed by atoms with E-state index < -0.39 is 18.6 Å². The largest absolute Gasteiger partial charge is 0.482 e. The van der Waals surface area contributed by atoms with Gasteiger partial charge in [0.2, 0.25) is 0 Å². The number of urea groups is 1. The summed E-state index contributed by atoms with van der Waals surface area (Å²) < 4.78 is 10.4. The summed E-state index contributed by atoms with van der Waals surface area (Å²) in [7, 11) is 0. The Hall–Kier alpha value is -3.23. The molecule has 32 heavy (non-hydrogen) atoms. The third kappa shape index (κ3) is 6.63. The Morgan fingerprint density at radius 1 is 1.22 bits per heavy atom. The van der Waals surface area contributed by atoms with Crippen LogP contribution in [0.4, 0.5) is 22.0 Å². The Kier molecular flexibility index (Phi) is 7.97. The first kappa shape index (κ1) is 23.4. The zero-order valence-electron chi connectivity index (χ0n) is 18.9. The lowest BCUT2D eigenvalue weighted by molar-refractivity contribution is -0.139. The first-order valence-corrected chi connectivity index (χ1v) is 11.1. The number of aromatic nitrogens is 1. The SMILES string of the molecule is Cc1cc(NC(=O)Nc2cc(OCC(=O)O)ccc2N(CC(C)C)C2CCCCC2)no1. The van der Waals surface area contributed by atoms with Crippen molar-refractivity contribution in [3.63, 3.8) is 0 Å². The zero-order valence-corrected chi connectivity index (χ0v) is 18.9. The van der Waals surface area contributed by atoms with Crippen molar-refractivity contribution >= 4 is 29.2 Å². The van der Waals surface area contributed by atoms with Gasteiger partial charge in [-0.1, -0.05) is 38.3 Å². The summed E-state index contributed by atoms with van der Waals surface area (Å²) >= 11 is 0. The summed E-state index contributed by atoms with van der Waals surface area (Å²) in [5.41, 5.74) is 1.44. The number of nitrogens with zero attached hydrogens (tertiary/aromatic N) is 2. The van der Waals surface area contributed by atoms with Gasteiger partial charge in [-0.15, -0.1) is 0 Å².